The minimum Gasteiger partial charge on any atom is -0.497 e. The molecule has 2 aromatic rings. The highest BCUT2D eigenvalue weighted by atomic mass is 32.2. The lowest BCUT2D eigenvalue weighted by Gasteiger charge is -2.08. The summed E-state index contributed by atoms with van der Waals surface area (Å²) in [4.78, 5) is 18.0. The smallest absolute Gasteiger partial charge is 0.262 e. The molecule has 0 bridgehead atoms. The molecule has 0 aliphatic heterocycles. The van der Waals surface area contributed by atoms with Crippen LogP contribution in [-0.4, -0.2) is 28.0 Å². The van der Waals surface area contributed by atoms with Gasteiger partial charge in [-0.15, -0.1) is 0 Å². The predicted octanol–water partition coefficient (Wildman–Crippen LogP) is 1.36. The fourth-order valence-electron chi connectivity index (χ4n) is 1.83. The first-order chi connectivity index (χ1) is 11.9. The number of nitrogens with one attached hydrogen (secondary N) is 2. The van der Waals surface area contributed by atoms with E-state index >= 15 is 0 Å². The molecule has 0 atom stereocenters. The lowest BCUT2D eigenvalue weighted by molar-refractivity contribution is -0.126. The first-order valence-electron chi connectivity index (χ1n) is 7.19. The van der Waals surface area contributed by atoms with Crippen LogP contribution >= 0.6 is 0 Å². The molecule has 0 spiro atoms. The highest BCUT2D eigenvalue weighted by Crippen LogP contribution is 2.11. The minimum absolute atomic E-state index is 0.174. The van der Waals surface area contributed by atoms with E-state index in [0.29, 0.717) is 5.75 Å². The van der Waals surface area contributed by atoms with Gasteiger partial charge in [0.1, 0.15) is 18.2 Å². The summed E-state index contributed by atoms with van der Waals surface area (Å²) >= 11 is 0. The summed E-state index contributed by atoms with van der Waals surface area (Å²) in [6, 6.07) is 11.3. The lowest BCUT2D eigenvalue weighted by atomic mass is 10.2. The van der Waals surface area contributed by atoms with E-state index in [0.717, 1.165) is 29.8 Å². The van der Waals surface area contributed by atoms with Gasteiger partial charge in [-0.05, 0) is 42.0 Å². The minimum atomic E-state index is -3.98. The average molecular weight is 368 g/mol. The number of hydrogen-bond donors (Lipinski definition) is 2. The maximum Gasteiger partial charge on any atom is 0.262 e. The van der Waals surface area contributed by atoms with Crippen molar-refractivity contribution < 1.29 is 27.2 Å². The second kappa shape index (κ2) is 8.56. The van der Waals surface area contributed by atoms with Crippen molar-refractivity contribution in [1.82, 2.24) is 10.2 Å². The Labute approximate surface area is 144 Å². The Bertz CT molecular complexity index is 807. The van der Waals surface area contributed by atoms with Crippen LogP contribution in [-0.2, 0) is 26.2 Å². The fraction of sp³-hybridized carbons (Fsp3) is 0.188. The second-order valence-electron chi connectivity index (χ2n) is 4.95. The van der Waals surface area contributed by atoms with Gasteiger partial charge in [-0.25, -0.2) is 12.8 Å². The van der Waals surface area contributed by atoms with Crippen LogP contribution in [0.1, 0.15) is 5.56 Å². The Kier molecular flexibility index (Phi) is 6.45. The molecule has 0 saturated carbocycles. The van der Waals surface area contributed by atoms with E-state index < -0.39 is 28.4 Å². The maximum atomic E-state index is 12.8. The number of hydrogen-bond acceptors (Lipinski definition) is 5. The van der Waals surface area contributed by atoms with Crippen molar-refractivity contribution in [2.24, 2.45) is 0 Å². The Morgan fingerprint density at radius 1 is 1.08 bits per heavy atom. The van der Waals surface area contributed by atoms with Gasteiger partial charge in [0.2, 0.25) is 5.91 Å². The molecule has 0 unspecified atom stereocenters. The molecular formula is C16H17FN2O5S. The van der Waals surface area contributed by atoms with E-state index in [2.05, 4.69) is 5.32 Å². The van der Waals surface area contributed by atoms with Crippen LogP contribution in [0, 0.1) is 5.82 Å². The van der Waals surface area contributed by atoms with Gasteiger partial charge in [-0.3, -0.25) is 9.63 Å². The number of sulfonamides is 1. The quantitative estimate of drug-likeness (QED) is 0.686. The summed E-state index contributed by atoms with van der Waals surface area (Å²) in [5, 5.41) is 2.58. The number of carbonyl (C=O) groups is 1. The van der Waals surface area contributed by atoms with Crippen LogP contribution in [0.2, 0.25) is 0 Å². The van der Waals surface area contributed by atoms with Crippen molar-refractivity contribution in [3.63, 3.8) is 0 Å². The van der Waals surface area contributed by atoms with Gasteiger partial charge in [0.05, 0.1) is 12.0 Å². The normalized spacial score (nSPS) is 11.1. The molecule has 9 heteroatoms. The Hall–Kier alpha value is -2.49. The molecule has 0 heterocycles. The molecule has 0 aliphatic carbocycles. The first-order valence-corrected chi connectivity index (χ1v) is 8.68. The summed E-state index contributed by atoms with van der Waals surface area (Å²) in [5.74, 6) is -0.357. The van der Waals surface area contributed by atoms with Crippen molar-refractivity contribution >= 4 is 15.9 Å². The molecule has 134 valence electrons. The van der Waals surface area contributed by atoms with Gasteiger partial charge >= 0.3 is 0 Å². The average Bonchev–Trinajstić information content (AvgIpc) is 2.60. The van der Waals surface area contributed by atoms with E-state index in [1.807, 2.05) is 4.89 Å². The van der Waals surface area contributed by atoms with Crippen LogP contribution in [0.4, 0.5) is 4.39 Å². The zero-order valence-electron chi connectivity index (χ0n) is 13.4. The van der Waals surface area contributed by atoms with E-state index in [4.69, 9.17) is 9.57 Å². The maximum absolute atomic E-state index is 12.8. The number of rotatable bonds is 8. The van der Waals surface area contributed by atoms with E-state index in [1.165, 1.54) is 0 Å². The summed E-state index contributed by atoms with van der Waals surface area (Å²) in [5.41, 5.74) is 0.848. The van der Waals surface area contributed by atoms with E-state index in [-0.39, 0.29) is 11.4 Å². The summed E-state index contributed by atoms with van der Waals surface area (Å²) in [6.07, 6.45) is 0. The van der Waals surface area contributed by atoms with Crippen molar-refractivity contribution in [2.45, 2.75) is 11.4 Å². The number of amides is 1. The first kappa shape index (κ1) is 18.8. The molecule has 0 saturated heterocycles. The van der Waals surface area contributed by atoms with Crippen molar-refractivity contribution in [1.29, 1.82) is 0 Å². The number of halogens is 1. The molecule has 2 N–H and O–H groups in total. The molecule has 0 aliphatic rings. The molecule has 2 rings (SSSR count). The van der Waals surface area contributed by atoms with Gasteiger partial charge in [0.15, 0.2) is 0 Å². The molecule has 7 nitrogen and oxygen atoms in total. The number of carbonyl (C=O) groups excluding carboxylic acids is 1. The zero-order chi connectivity index (χ0) is 18.3. The Morgan fingerprint density at radius 2 is 1.72 bits per heavy atom. The summed E-state index contributed by atoms with van der Waals surface area (Å²) < 4.78 is 41.5. The van der Waals surface area contributed by atoms with Crippen molar-refractivity contribution in [2.75, 3.05) is 13.7 Å². The monoisotopic (exact) mass is 368 g/mol. The molecule has 25 heavy (non-hydrogen) atoms. The molecular weight excluding hydrogens is 351 g/mol. The standard InChI is InChI=1S/C16H17FN2O5S/c1-23-14-6-2-12(3-7-14)10-18-16(20)11-24-19-25(21,22)15-8-4-13(17)5-9-15/h2-9,19H,10-11H2,1H3,(H,18,20). The largest absolute Gasteiger partial charge is 0.497 e. The highest BCUT2D eigenvalue weighted by Gasteiger charge is 2.14. The topological polar surface area (TPSA) is 93.7 Å². The zero-order valence-corrected chi connectivity index (χ0v) is 14.2. The molecule has 1 amide bonds. The molecule has 0 fully saturated rings. The third-order valence-electron chi connectivity index (χ3n) is 3.14. The number of ether oxygens (including phenoxy) is 1. The summed E-state index contributed by atoms with van der Waals surface area (Å²) in [7, 11) is -2.42. The Balaban J connectivity index is 1.76. The van der Waals surface area contributed by atoms with Crippen LogP contribution in [0.25, 0.3) is 0 Å². The van der Waals surface area contributed by atoms with Gasteiger partial charge in [-0.2, -0.15) is 0 Å². The van der Waals surface area contributed by atoms with Crippen LogP contribution in [0.3, 0.4) is 0 Å². The van der Waals surface area contributed by atoms with Crippen LogP contribution in [0.15, 0.2) is 53.4 Å². The lowest BCUT2D eigenvalue weighted by Crippen LogP contribution is -2.32. The SMILES string of the molecule is COc1ccc(CNC(=O)CONS(=O)(=O)c2ccc(F)cc2)cc1. The fourth-order valence-corrected chi connectivity index (χ4v) is 2.63. The van der Waals surface area contributed by atoms with E-state index in [1.54, 1.807) is 31.4 Å². The summed E-state index contributed by atoms with van der Waals surface area (Å²) in [6.45, 7) is -0.243. The van der Waals surface area contributed by atoms with Gasteiger partial charge in [0, 0.05) is 6.54 Å². The van der Waals surface area contributed by atoms with Crippen molar-refractivity contribution in [3.05, 3.63) is 59.9 Å². The third-order valence-corrected chi connectivity index (χ3v) is 4.37. The van der Waals surface area contributed by atoms with Crippen molar-refractivity contribution in [3.8, 4) is 5.75 Å². The van der Waals surface area contributed by atoms with Gasteiger partial charge < -0.3 is 10.1 Å². The highest BCUT2D eigenvalue weighted by molar-refractivity contribution is 7.89. The molecule has 0 radical (unpaired) electrons. The second-order valence-corrected chi connectivity index (χ2v) is 6.60. The van der Waals surface area contributed by atoms with Gasteiger partial charge in [0.25, 0.3) is 10.0 Å². The number of methoxy groups -OCH3 is 1. The molecule has 0 aromatic heterocycles. The predicted molar refractivity (Wildman–Crippen MR) is 87.5 cm³/mol. The van der Waals surface area contributed by atoms with Crippen LogP contribution in [0.5, 0.6) is 5.75 Å². The van der Waals surface area contributed by atoms with E-state index in [9.17, 15) is 17.6 Å². The van der Waals surface area contributed by atoms with Gasteiger partial charge in [-0.1, -0.05) is 17.0 Å². The third kappa shape index (κ3) is 5.82. The number of benzene rings is 2. The molecule has 2 aromatic carbocycles. The van der Waals surface area contributed by atoms with Crippen LogP contribution < -0.4 is 14.9 Å². The Morgan fingerprint density at radius 3 is 2.32 bits per heavy atom.